The Morgan fingerprint density at radius 2 is 1.88 bits per heavy atom. The monoisotopic (exact) mass is 470 g/mol. The van der Waals surface area contributed by atoms with Crippen molar-refractivity contribution in [2.75, 3.05) is 32.2 Å². The van der Waals surface area contributed by atoms with E-state index in [-0.39, 0.29) is 29.3 Å². The van der Waals surface area contributed by atoms with E-state index in [1.807, 2.05) is 17.0 Å². The van der Waals surface area contributed by atoms with E-state index in [2.05, 4.69) is 22.4 Å². The third-order valence-corrected chi connectivity index (χ3v) is 8.03. The van der Waals surface area contributed by atoms with Crippen LogP contribution in [0.1, 0.15) is 48.0 Å². The summed E-state index contributed by atoms with van der Waals surface area (Å²) in [6.45, 7) is 0.143. The normalized spacial score (nSPS) is 28.6. The maximum atomic E-state index is 13.1. The van der Waals surface area contributed by atoms with Gasteiger partial charge in [0.2, 0.25) is 0 Å². The molecule has 182 valence electrons. The molecule has 34 heavy (non-hydrogen) atoms. The summed E-state index contributed by atoms with van der Waals surface area (Å²) in [5.41, 5.74) is 9.29. The molecule has 3 aliphatic rings. The van der Waals surface area contributed by atoms with Crippen LogP contribution in [0, 0.1) is 5.92 Å². The highest BCUT2D eigenvalue weighted by Crippen LogP contribution is 2.59. The van der Waals surface area contributed by atoms with Crippen LogP contribution in [0.4, 0.5) is 14.6 Å². The predicted molar refractivity (Wildman–Crippen MR) is 127 cm³/mol. The number of aromatic nitrogens is 1. The van der Waals surface area contributed by atoms with Crippen LogP contribution >= 0.6 is 0 Å². The number of carbonyl (C=O) groups excluding carboxylic acids is 1. The summed E-state index contributed by atoms with van der Waals surface area (Å²) in [4.78, 5) is 19.1. The molecule has 0 spiro atoms. The fourth-order valence-corrected chi connectivity index (χ4v) is 5.78. The minimum Gasteiger partial charge on any atom is -0.393 e. The van der Waals surface area contributed by atoms with Crippen LogP contribution < -0.4 is 11.1 Å². The summed E-state index contributed by atoms with van der Waals surface area (Å²) in [5.74, 6) is 0.397. The zero-order valence-corrected chi connectivity index (χ0v) is 19.2. The van der Waals surface area contributed by atoms with Gasteiger partial charge in [-0.25, -0.2) is 13.8 Å². The number of benzene rings is 1. The van der Waals surface area contributed by atoms with Gasteiger partial charge in [-0.15, -0.1) is 0 Å². The average molecular weight is 471 g/mol. The molecule has 1 amide bonds. The largest absolute Gasteiger partial charge is 0.393 e. The van der Waals surface area contributed by atoms with Gasteiger partial charge in [0, 0.05) is 36.3 Å². The van der Waals surface area contributed by atoms with E-state index in [9.17, 15) is 18.7 Å². The van der Waals surface area contributed by atoms with Crippen molar-refractivity contribution in [3.8, 4) is 11.1 Å². The van der Waals surface area contributed by atoms with Crippen molar-refractivity contribution in [2.24, 2.45) is 5.92 Å². The molecule has 2 saturated carbocycles. The minimum absolute atomic E-state index is 0.000887. The van der Waals surface area contributed by atoms with Gasteiger partial charge in [0.05, 0.1) is 17.7 Å². The number of nitrogens with two attached hydrogens (primary N) is 1. The SMILES string of the molecule is Nc1ncc(-c2ccc([C@@]34C[C@@H]3CN(C(CF)CF)C4)cc2)cc1C(=O)N[C@H]1CC[C@H](O)CC1. The van der Waals surface area contributed by atoms with Crippen molar-refractivity contribution in [1.82, 2.24) is 15.2 Å². The second-order valence-electron chi connectivity index (χ2n) is 10.2. The summed E-state index contributed by atoms with van der Waals surface area (Å²) in [6, 6.07) is 9.37. The molecule has 2 aromatic rings. The van der Waals surface area contributed by atoms with Crippen molar-refractivity contribution in [1.29, 1.82) is 0 Å². The Morgan fingerprint density at radius 3 is 2.56 bits per heavy atom. The van der Waals surface area contributed by atoms with E-state index in [4.69, 9.17) is 5.73 Å². The molecule has 6 nitrogen and oxygen atoms in total. The Labute approximate surface area is 198 Å². The molecule has 1 aliphatic heterocycles. The summed E-state index contributed by atoms with van der Waals surface area (Å²) in [7, 11) is 0. The fourth-order valence-electron chi connectivity index (χ4n) is 5.78. The van der Waals surface area contributed by atoms with Crippen LogP contribution in [0.15, 0.2) is 36.5 Å². The van der Waals surface area contributed by atoms with E-state index < -0.39 is 19.4 Å². The van der Waals surface area contributed by atoms with Gasteiger partial charge in [0.25, 0.3) is 5.91 Å². The number of nitrogens with one attached hydrogen (secondary N) is 1. The number of aliphatic hydroxyl groups is 1. The molecule has 0 unspecified atom stereocenters. The van der Waals surface area contributed by atoms with Gasteiger partial charge in [-0.1, -0.05) is 24.3 Å². The number of alkyl halides is 2. The van der Waals surface area contributed by atoms with Crippen LogP contribution in [0.2, 0.25) is 0 Å². The molecular formula is C26H32F2N4O2. The van der Waals surface area contributed by atoms with Gasteiger partial charge in [-0.05, 0) is 55.2 Å². The Morgan fingerprint density at radius 1 is 1.18 bits per heavy atom. The number of halogens is 2. The topological polar surface area (TPSA) is 91.5 Å². The van der Waals surface area contributed by atoms with Crippen molar-refractivity contribution in [3.63, 3.8) is 0 Å². The highest BCUT2D eigenvalue weighted by atomic mass is 19.1. The first-order chi connectivity index (χ1) is 16.4. The van der Waals surface area contributed by atoms with Crippen molar-refractivity contribution in [2.45, 2.75) is 55.7 Å². The average Bonchev–Trinajstić information content (AvgIpc) is 3.42. The summed E-state index contributed by atoms with van der Waals surface area (Å²) >= 11 is 0. The van der Waals surface area contributed by atoms with Gasteiger partial charge >= 0.3 is 0 Å². The van der Waals surface area contributed by atoms with Gasteiger partial charge < -0.3 is 16.2 Å². The zero-order chi connectivity index (χ0) is 23.9. The number of nitrogens with zero attached hydrogens (tertiary/aromatic N) is 2. The molecule has 1 saturated heterocycles. The van der Waals surface area contributed by atoms with Crippen molar-refractivity contribution < 1.29 is 18.7 Å². The lowest BCUT2D eigenvalue weighted by Crippen LogP contribution is -2.39. The Balaban J connectivity index is 1.29. The minimum atomic E-state index is -0.652. The highest BCUT2D eigenvalue weighted by Gasteiger charge is 2.61. The summed E-state index contributed by atoms with van der Waals surface area (Å²) < 4.78 is 26.3. The number of hydrogen-bond donors (Lipinski definition) is 3. The van der Waals surface area contributed by atoms with Gasteiger partial charge in [0.15, 0.2) is 0 Å². The molecule has 1 aromatic heterocycles. The van der Waals surface area contributed by atoms with Crippen LogP contribution in [0.3, 0.4) is 0 Å². The second kappa shape index (κ2) is 9.23. The number of pyridine rings is 1. The van der Waals surface area contributed by atoms with E-state index in [1.165, 1.54) is 5.56 Å². The van der Waals surface area contributed by atoms with E-state index >= 15 is 0 Å². The van der Waals surface area contributed by atoms with E-state index in [0.29, 0.717) is 30.9 Å². The van der Waals surface area contributed by atoms with E-state index in [1.54, 1.807) is 12.3 Å². The number of anilines is 1. The second-order valence-corrected chi connectivity index (χ2v) is 10.2. The molecule has 5 rings (SSSR count). The number of aliphatic hydroxyl groups excluding tert-OH is 1. The van der Waals surface area contributed by atoms with Crippen molar-refractivity contribution >= 4 is 11.7 Å². The first kappa shape index (κ1) is 23.2. The summed E-state index contributed by atoms with van der Waals surface area (Å²) in [6.07, 6.45) is 5.32. The molecule has 0 radical (unpaired) electrons. The molecule has 4 N–H and O–H groups in total. The molecule has 2 heterocycles. The Kier molecular flexibility index (Phi) is 6.29. The number of fused-ring (bicyclic) bond motifs is 1. The molecule has 2 aliphatic carbocycles. The number of nitrogen functional groups attached to an aromatic ring is 1. The lowest BCUT2D eigenvalue weighted by Gasteiger charge is -2.26. The maximum absolute atomic E-state index is 13.1. The maximum Gasteiger partial charge on any atom is 0.255 e. The van der Waals surface area contributed by atoms with Gasteiger partial charge in [0.1, 0.15) is 19.2 Å². The smallest absolute Gasteiger partial charge is 0.255 e. The number of carbonyl (C=O) groups is 1. The molecule has 8 heteroatoms. The number of amides is 1. The third kappa shape index (κ3) is 4.29. The van der Waals surface area contributed by atoms with Gasteiger partial charge in [-0.2, -0.15) is 0 Å². The van der Waals surface area contributed by atoms with Crippen LogP contribution in [-0.2, 0) is 5.41 Å². The third-order valence-electron chi connectivity index (χ3n) is 8.03. The fraction of sp³-hybridized carbons (Fsp3) is 0.538. The van der Waals surface area contributed by atoms with E-state index in [0.717, 1.165) is 36.9 Å². The highest BCUT2D eigenvalue weighted by molar-refractivity contribution is 5.99. The lowest BCUT2D eigenvalue weighted by molar-refractivity contribution is 0.0868. The number of piperidine rings is 1. The molecule has 3 fully saturated rings. The molecule has 2 atom stereocenters. The molecular weight excluding hydrogens is 438 g/mol. The Bertz CT molecular complexity index is 1040. The summed E-state index contributed by atoms with van der Waals surface area (Å²) in [5, 5.41) is 12.7. The predicted octanol–water partition coefficient (Wildman–Crippen LogP) is 3.25. The number of hydrogen-bond acceptors (Lipinski definition) is 5. The zero-order valence-electron chi connectivity index (χ0n) is 19.2. The lowest BCUT2D eigenvalue weighted by atomic mass is 9.92. The van der Waals surface area contributed by atoms with Crippen LogP contribution in [0.5, 0.6) is 0 Å². The first-order valence-electron chi connectivity index (χ1n) is 12.1. The number of likely N-dealkylation sites (tertiary alicyclic amines) is 1. The van der Waals surface area contributed by atoms with Crippen LogP contribution in [0.25, 0.3) is 11.1 Å². The number of rotatable bonds is 7. The van der Waals surface area contributed by atoms with Gasteiger partial charge in [-0.3, -0.25) is 9.69 Å². The quantitative estimate of drug-likeness (QED) is 0.578. The first-order valence-corrected chi connectivity index (χ1v) is 12.1. The van der Waals surface area contributed by atoms with Crippen LogP contribution in [-0.4, -0.2) is 65.5 Å². The molecule has 0 bridgehead atoms. The van der Waals surface area contributed by atoms with Crippen molar-refractivity contribution in [3.05, 3.63) is 47.7 Å². The Hall–Kier alpha value is -2.58. The molecule has 1 aromatic carbocycles. The standard InChI is InChI=1S/C26H32F2N4O2/c27-11-21(12-28)32-14-19-10-26(19,15-32)18-3-1-16(2-4-18)17-9-23(24(29)30-13-17)25(34)31-20-5-7-22(33)8-6-20/h1-4,9,13,19-22,33H,5-8,10-12,14-15H2,(H2,29,30)(H,31,34)/t19-,20-,22-,26+/m1/s1.